The van der Waals surface area contributed by atoms with Crippen molar-refractivity contribution in [2.75, 3.05) is 13.2 Å². The molecule has 0 radical (unpaired) electrons. The summed E-state index contributed by atoms with van der Waals surface area (Å²) in [6.45, 7) is 4.93. The van der Waals surface area contributed by atoms with E-state index in [0.717, 1.165) is 51.4 Å². The van der Waals surface area contributed by atoms with Crippen LogP contribution in [0.25, 0.3) is 0 Å². The molecule has 0 aliphatic heterocycles. The monoisotopic (exact) mass is 972 g/mol. The molecule has 6 nitrogen and oxygen atoms in total. The van der Waals surface area contributed by atoms with Gasteiger partial charge in [-0.3, -0.25) is 9.59 Å². The largest absolute Gasteiger partial charge is 0.466 e. The van der Waals surface area contributed by atoms with Crippen molar-refractivity contribution in [3.63, 3.8) is 0 Å². The van der Waals surface area contributed by atoms with Crippen molar-refractivity contribution in [3.05, 3.63) is 24.3 Å². The van der Waals surface area contributed by atoms with E-state index in [0.29, 0.717) is 25.9 Å². The van der Waals surface area contributed by atoms with Crippen LogP contribution in [-0.4, -0.2) is 47.4 Å². The van der Waals surface area contributed by atoms with E-state index < -0.39 is 12.1 Å². The second kappa shape index (κ2) is 58.9. The Morgan fingerprint density at radius 3 is 1.14 bits per heavy atom. The van der Waals surface area contributed by atoms with Gasteiger partial charge in [0.05, 0.1) is 25.4 Å². The Hall–Kier alpha value is -1.66. The van der Waals surface area contributed by atoms with Gasteiger partial charge < -0.3 is 20.3 Å². The molecule has 0 aliphatic rings. The molecule has 0 aromatic heterocycles. The lowest BCUT2D eigenvalue weighted by Crippen LogP contribution is -2.45. The highest BCUT2D eigenvalue weighted by atomic mass is 16.5. The Bertz CT molecular complexity index is 1080. The summed E-state index contributed by atoms with van der Waals surface area (Å²) in [7, 11) is 0. The molecule has 1 amide bonds. The van der Waals surface area contributed by atoms with Crippen molar-refractivity contribution >= 4 is 11.9 Å². The lowest BCUT2D eigenvalue weighted by Gasteiger charge is -2.22. The summed E-state index contributed by atoms with van der Waals surface area (Å²) >= 11 is 0. The van der Waals surface area contributed by atoms with E-state index in [1.807, 2.05) is 0 Å². The molecule has 0 saturated carbocycles. The number of allylic oxidation sites excluding steroid dienone is 4. The maximum atomic E-state index is 12.5. The molecule has 0 spiro atoms. The van der Waals surface area contributed by atoms with Crippen molar-refractivity contribution in [1.82, 2.24) is 5.32 Å². The van der Waals surface area contributed by atoms with Crippen LogP contribution < -0.4 is 5.32 Å². The third-order valence-corrected chi connectivity index (χ3v) is 14.5. The quantitative estimate of drug-likeness (QED) is 0.0321. The van der Waals surface area contributed by atoms with E-state index in [1.165, 1.54) is 257 Å². The molecular weight excluding hydrogens is 851 g/mol. The van der Waals surface area contributed by atoms with E-state index >= 15 is 0 Å². The van der Waals surface area contributed by atoms with Crippen molar-refractivity contribution in [2.45, 2.75) is 353 Å². The van der Waals surface area contributed by atoms with E-state index in [9.17, 15) is 19.8 Å². The standard InChI is InChI=1S/C63H121NO5/c1-3-5-7-9-11-13-15-17-19-20-25-28-31-35-39-43-47-51-55-61(66)60(59-65)64-62(67)56-52-48-44-40-36-32-29-26-23-21-22-24-27-30-34-38-42-46-50-54-58-69-63(68)57-53-49-45-41-37-33-18-16-14-12-10-8-6-4-2/h10,12,16,18,60-61,65-66H,3-9,11,13-15,17,19-59H2,1-2H3,(H,64,67)/b12-10-,18-16-. The molecule has 3 N–H and O–H groups in total. The summed E-state index contributed by atoms with van der Waals surface area (Å²) in [6.07, 6.45) is 71.8. The highest BCUT2D eigenvalue weighted by Crippen LogP contribution is 2.18. The first-order valence-electron chi connectivity index (χ1n) is 31.1. The molecule has 2 unspecified atom stereocenters. The molecule has 69 heavy (non-hydrogen) atoms. The zero-order valence-corrected chi connectivity index (χ0v) is 46.6. The van der Waals surface area contributed by atoms with Crippen LogP contribution in [0.15, 0.2) is 24.3 Å². The third-order valence-electron chi connectivity index (χ3n) is 14.5. The van der Waals surface area contributed by atoms with E-state index in [4.69, 9.17) is 4.74 Å². The first-order chi connectivity index (χ1) is 34.0. The Balaban J connectivity index is 3.40. The molecule has 0 aromatic rings. The summed E-state index contributed by atoms with van der Waals surface area (Å²) < 4.78 is 5.47. The molecular formula is C63H121NO5. The van der Waals surface area contributed by atoms with Gasteiger partial charge >= 0.3 is 5.97 Å². The maximum absolute atomic E-state index is 12.5. The van der Waals surface area contributed by atoms with Crippen LogP contribution in [-0.2, 0) is 14.3 Å². The highest BCUT2D eigenvalue weighted by Gasteiger charge is 2.20. The van der Waals surface area contributed by atoms with E-state index in [-0.39, 0.29) is 18.5 Å². The number of esters is 1. The highest BCUT2D eigenvalue weighted by molar-refractivity contribution is 5.76. The van der Waals surface area contributed by atoms with Crippen LogP contribution in [0.4, 0.5) is 0 Å². The van der Waals surface area contributed by atoms with Crippen LogP contribution >= 0.6 is 0 Å². The van der Waals surface area contributed by atoms with Crippen LogP contribution in [0.2, 0.25) is 0 Å². The molecule has 0 bridgehead atoms. The maximum Gasteiger partial charge on any atom is 0.305 e. The minimum atomic E-state index is -0.666. The molecule has 0 fully saturated rings. The molecule has 0 rings (SSSR count). The number of amides is 1. The summed E-state index contributed by atoms with van der Waals surface area (Å²) in [5.41, 5.74) is 0. The Morgan fingerprint density at radius 1 is 0.406 bits per heavy atom. The van der Waals surface area contributed by atoms with Gasteiger partial charge in [0.25, 0.3) is 0 Å². The Kier molecular flexibility index (Phi) is 57.5. The fraction of sp³-hybridized carbons (Fsp3) is 0.905. The fourth-order valence-electron chi connectivity index (χ4n) is 9.72. The number of carbonyl (C=O) groups excluding carboxylic acids is 2. The molecule has 408 valence electrons. The topological polar surface area (TPSA) is 95.9 Å². The SMILES string of the molecule is CCCC/C=C\C/C=C\CCCCCCCC(=O)OCCCCCCCCCCCCCCCCCCCCCCC(=O)NC(CO)C(O)CCCCCCCCCCCCCCCCCCCC. The molecule has 0 heterocycles. The molecule has 0 aromatic carbocycles. The second-order valence-electron chi connectivity index (χ2n) is 21.4. The number of aliphatic hydroxyl groups is 2. The van der Waals surface area contributed by atoms with Gasteiger partial charge in [-0.25, -0.2) is 0 Å². The van der Waals surface area contributed by atoms with Gasteiger partial charge in [0.1, 0.15) is 0 Å². The number of ether oxygens (including phenoxy) is 1. The summed E-state index contributed by atoms with van der Waals surface area (Å²) in [6, 6.07) is -0.543. The second-order valence-corrected chi connectivity index (χ2v) is 21.4. The average molecular weight is 973 g/mol. The normalized spacial score (nSPS) is 12.7. The lowest BCUT2D eigenvalue weighted by molar-refractivity contribution is -0.143. The van der Waals surface area contributed by atoms with Gasteiger partial charge in [-0.2, -0.15) is 0 Å². The molecule has 6 heteroatoms. The third kappa shape index (κ3) is 55.5. The number of rotatable bonds is 58. The van der Waals surface area contributed by atoms with Gasteiger partial charge in [0, 0.05) is 12.8 Å². The first kappa shape index (κ1) is 67.3. The van der Waals surface area contributed by atoms with Gasteiger partial charge in [0.2, 0.25) is 5.91 Å². The van der Waals surface area contributed by atoms with Crippen LogP contribution in [0.3, 0.4) is 0 Å². The van der Waals surface area contributed by atoms with E-state index in [1.54, 1.807) is 0 Å². The average Bonchev–Trinajstić information content (AvgIpc) is 3.35. The number of carbonyl (C=O) groups is 2. The van der Waals surface area contributed by atoms with Gasteiger partial charge in [-0.05, 0) is 51.4 Å². The number of hydrogen-bond acceptors (Lipinski definition) is 5. The van der Waals surface area contributed by atoms with Crippen molar-refractivity contribution in [3.8, 4) is 0 Å². The van der Waals surface area contributed by atoms with Gasteiger partial charge in [-0.15, -0.1) is 0 Å². The van der Waals surface area contributed by atoms with E-state index in [2.05, 4.69) is 43.5 Å². The van der Waals surface area contributed by atoms with Crippen LogP contribution in [0.1, 0.15) is 341 Å². The number of unbranched alkanes of at least 4 members (excludes halogenated alkanes) is 43. The van der Waals surface area contributed by atoms with Crippen molar-refractivity contribution in [1.29, 1.82) is 0 Å². The van der Waals surface area contributed by atoms with Gasteiger partial charge in [-0.1, -0.05) is 301 Å². The number of nitrogens with one attached hydrogen (secondary N) is 1. The number of aliphatic hydroxyl groups excluding tert-OH is 2. The Morgan fingerprint density at radius 2 is 0.739 bits per heavy atom. The number of hydrogen-bond donors (Lipinski definition) is 3. The van der Waals surface area contributed by atoms with Crippen molar-refractivity contribution in [2.24, 2.45) is 0 Å². The summed E-state index contributed by atoms with van der Waals surface area (Å²) in [5.74, 6) is -0.0377. The van der Waals surface area contributed by atoms with Crippen LogP contribution in [0, 0.1) is 0 Å². The predicted octanol–water partition coefficient (Wildman–Crippen LogP) is 19.4. The summed E-state index contributed by atoms with van der Waals surface area (Å²) in [5, 5.41) is 23.3. The minimum Gasteiger partial charge on any atom is -0.466 e. The van der Waals surface area contributed by atoms with Gasteiger partial charge in [0.15, 0.2) is 0 Å². The smallest absolute Gasteiger partial charge is 0.305 e. The predicted molar refractivity (Wildman–Crippen MR) is 301 cm³/mol. The van der Waals surface area contributed by atoms with Crippen LogP contribution in [0.5, 0.6) is 0 Å². The lowest BCUT2D eigenvalue weighted by atomic mass is 10.0. The molecule has 2 atom stereocenters. The zero-order chi connectivity index (χ0) is 50.0. The summed E-state index contributed by atoms with van der Waals surface area (Å²) in [4.78, 5) is 24.5. The Labute approximate surface area is 431 Å². The molecule has 0 saturated heterocycles. The fourth-order valence-corrected chi connectivity index (χ4v) is 9.72. The molecule has 0 aliphatic carbocycles. The zero-order valence-electron chi connectivity index (χ0n) is 46.6. The van der Waals surface area contributed by atoms with Crippen molar-refractivity contribution < 1.29 is 24.5 Å². The first-order valence-corrected chi connectivity index (χ1v) is 31.1. The minimum absolute atomic E-state index is 0.00348.